The summed E-state index contributed by atoms with van der Waals surface area (Å²) in [6, 6.07) is 0. The summed E-state index contributed by atoms with van der Waals surface area (Å²) in [6.07, 6.45) is 5.12. The number of hydrogen-bond acceptors (Lipinski definition) is 3. The lowest BCUT2D eigenvalue weighted by Gasteiger charge is -2.14. The Balaban J connectivity index is 2.62. The molecule has 12 heavy (non-hydrogen) atoms. The highest BCUT2D eigenvalue weighted by Crippen LogP contribution is 2.06. The zero-order valence-corrected chi connectivity index (χ0v) is 7.28. The van der Waals surface area contributed by atoms with Gasteiger partial charge in [-0.05, 0) is 13.8 Å². The van der Waals surface area contributed by atoms with Gasteiger partial charge in [0.25, 0.3) is 0 Å². The molecule has 66 valence electrons. The standard InChI is InChI=1S/C8H13N3O/c1-8(2,6-12)9-3-7-4-10-11-5-7/h3-5,12H,6H2,1-2H3,(H,10,11). The summed E-state index contributed by atoms with van der Waals surface area (Å²) in [5.74, 6) is 0. The van der Waals surface area contributed by atoms with Crippen molar-refractivity contribution >= 4 is 6.21 Å². The maximum absolute atomic E-state index is 8.89. The molecule has 0 atom stereocenters. The highest BCUT2D eigenvalue weighted by Gasteiger charge is 2.12. The van der Waals surface area contributed by atoms with Crippen LogP contribution in [-0.2, 0) is 0 Å². The van der Waals surface area contributed by atoms with Crippen molar-refractivity contribution in [1.82, 2.24) is 10.2 Å². The molecule has 0 fully saturated rings. The van der Waals surface area contributed by atoms with E-state index < -0.39 is 5.54 Å². The van der Waals surface area contributed by atoms with E-state index in [4.69, 9.17) is 5.11 Å². The molecule has 0 bridgehead atoms. The van der Waals surface area contributed by atoms with Crippen LogP contribution in [0, 0.1) is 0 Å². The van der Waals surface area contributed by atoms with E-state index in [2.05, 4.69) is 15.2 Å². The summed E-state index contributed by atoms with van der Waals surface area (Å²) < 4.78 is 0. The van der Waals surface area contributed by atoms with E-state index in [1.165, 1.54) is 0 Å². The summed E-state index contributed by atoms with van der Waals surface area (Å²) in [4.78, 5) is 4.18. The van der Waals surface area contributed by atoms with Crippen LogP contribution >= 0.6 is 0 Å². The Bertz CT molecular complexity index is 251. The van der Waals surface area contributed by atoms with E-state index in [1.807, 2.05) is 13.8 Å². The van der Waals surface area contributed by atoms with Gasteiger partial charge in [0.15, 0.2) is 0 Å². The smallest absolute Gasteiger partial charge is 0.0782 e. The van der Waals surface area contributed by atoms with Gasteiger partial charge in [-0.25, -0.2) is 0 Å². The van der Waals surface area contributed by atoms with Gasteiger partial charge < -0.3 is 5.11 Å². The number of nitrogens with one attached hydrogen (secondary N) is 1. The molecule has 1 aromatic heterocycles. The third-order valence-corrected chi connectivity index (χ3v) is 1.47. The number of aliphatic imine (C=N–C) groups is 1. The molecule has 1 rings (SSSR count). The van der Waals surface area contributed by atoms with Crippen molar-refractivity contribution in [3.05, 3.63) is 18.0 Å². The Morgan fingerprint density at radius 2 is 2.50 bits per heavy atom. The molecule has 0 amide bonds. The zero-order chi connectivity index (χ0) is 9.03. The molecule has 0 aliphatic heterocycles. The molecule has 1 aromatic rings. The van der Waals surface area contributed by atoms with Crippen LogP contribution in [0.2, 0.25) is 0 Å². The Labute approximate surface area is 71.3 Å². The minimum absolute atomic E-state index is 0.0430. The first-order valence-electron chi connectivity index (χ1n) is 3.79. The molecule has 0 saturated carbocycles. The molecule has 0 aliphatic rings. The van der Waals surface area contributed by atoms with Crippen molar-refractivity contribution in [2.45, 2.75) is 19.4 Å². The van der Waals surface area contributed by atoms with Crippen LogP contribution in [-0.4, -0.2) is 33.7 Å². The van der Waals surface area contributed by atoms with E-state index in [9.17, 15) is 0 Å². The third-order valence-electron chi connectivity index (χ3n) is 1.47. The topological polar surface area (TPSA) is 61.3 Å². The van der Waals surface area contributed by atoms with Crippen molar-refractivity contribution in [1.29, 1.82) is 0 Å². The lowest BCUT2D eigenvalue weighted by atomic mass is 10.1. The molecule has 1 heterocycles. The number of aromatic nitrogens is 2. The second kappa shape index (κ2) is 3.49. The van der Waals surface area contributed by atoms with E-state index in [0.717, 1.165) is 5.56 Å². The van der Waals surface area contributed by atoms with Crippen LogP contribution in [0.3, 0.4) is 0 Å². The van der Waals surface area contributed by atoms with E-state index in [1.54, 1.807) is 18.6 Å². The number of aliphatic hydroxyl groups excluding tert-OH is 1. The van der Waals surface area contributed by atoms with Gasteiger partial charge in [0, 0.05) is 18.0 Å². The zero-order valence-electron chi connectivity index (χ0n) is 7.28. The first kappa shape index (κ1) is 8.93. The summed E-state index contributed by atoms with van der Waals surface area (Å²) in [5, 5.41) is 15.3. The molecule has 0 unspecified atom stereocenters. The molecule has 0 radical (unpaired) electrons. The van der Waals surface area contributed by atoms with Crippen LogP contribution in [0.25, 0.3) is 0 Å². The largest absolute Gasteiger partial charge is 0.394 e. The fourth-order valence-electron chi connectivity index (χ4n) is 0.622. The predicted molar refractivity (Wildman–Crippen MR) is 47.3 cm³/mol. The number of aliphatic hydroxyl groups is 1. The average Bonchev–Trinajstić information content (AvgIpc) is 2.53. The Kier molecular flexibility index (Phi) is 2.60. The number of rotatable bonds is 3. The highest BCUT2D eigenvalue weighted by atomic mass is 16.3. The number of nitrogens with zero attached hydrogens (tertiary/aromatic N) is 2. The summed E-state index contributed by atoms with van der Waals surface area (Å²) in [7, 11) is 0. The third kappa shape index (κ3) is 2.47. The van der Waals surface area contributed by atoms with Crippen LogP contribution in [0.4, 0.5) is 0 Å². The minimum Gasteiger partial charge on any atom is -0.394 e. The quantitative estimate of drug-likeness (QED) is 0.647. The second-order valence-corrected chi connectivity index (χ2v) is 3.26. The van der Waals surface area contributed by atoms with Crippen LogP contribution < -0.4 is 0 Å². The molecular weight excluding hydrogens is 154 g/mol. The van der Waals surface area contributed by atoms with Gasteiger partial charge in [-0.3, -0.25) is 10.1 Å². The molecule has 4 heteroatoms. The van der Waals surface area contributed by atoms with Gasteiger partial charge in [0.05, 0.1) is 18.3 Å². The van der Waals surface area contributed by atoms with Gasteiger partial charge in [0.2, 0.25) is 0 Å². The van der Waals surface area contributed by atoms with E-state index in [0.29, 0.717) is 0 Å². The minimum atomic E-state index is -0.405. The molecular formula is C8H13N3O. The van der Waals surface area contributed by atoms with E-state index >= 15 is 0 Å². The normalized spacial score (nSPS) is 12.6. The molecule has 0 saturated heterocycles. The van der Waals surface area contributed by atoms with E-state index in [-0.39, 0.29) is 6.61 Å². The molecule has 0 aliphatic carbocycles. The second-order valence-electron chi connectivity index (χ2n) is 3.26. The number of aromatic amines is 1. The maximum atomic E-state index is 8.89. The van der Waals surface area contributed by atoms with Crippen molar-refractivity contribution < 1.29 is 5.11 Å². The fraction of sp³-hybridized carbons (Fsp3) is 0.500. The van der Waals surface area contributed by atoms with Crippen LogP contribution in [0.1, 0.15) is 19.4 Å². The first-order chi connectivity index (χ1) is 5.64. The number of H-pyrrole nitrogens is 1. The van der Waals surface area contributed by atoms with Crippen molar-refractivity contribution in [3.63, 3.8) is 0 Å². The molecule has 4 nitrogen and oxygen atoms in total. The van der Waals surface area contributed by atoms with Gasteiger partial charge in [-0.15, -0.1) is 0 Å². The van der Waals surface area contributed by atoms with Gasteiger partial charge in [-0.1, -0.05) is 0 Å². The van der Waals surface area contributed by atoms with Gasteiger partial charge in [-0.2, -0.15) is 5.10 Å². The lowest BCUT2D eigenvalue weighted by molar-refractivity contribution is 0.223. The lowest BCUT2D eigenvalue weighted by Crippen LogP contribution is -2.21. The molecule has 2 N–H and O–H groups in total. The van der Waals surface area contributed by atoms with Crippen LogP contribution in [0.5, 0.6) is 0 Å². The van der Waals surface area contributed by atoms with Crippen molar-refractivity contribution in [3.8, 4) is 0 Å². The number of hydrogen-bond donors (Lipinski definition) is 2. The highest BCUT2D eigenvalue weighted by molar-refractivity contribution is 5.78. The Hall–Kier alpha value is -1.16. The first-order valence-corrected chi connectivity index (χ1v) is 3.79. The summed E-state index contributed by atoms with van der Waals surface area (Å²) >= 11 is 0. The predicted octanol–water partition coefficient (Wildman–Crippen LogP) is 0.599. The molecule has 0 aromatic carbocycles. The maximum Gasteiger partial charge on any atom is 0.0782 e. The van der Waals surface area contributed by atoms with Crippen molar-refractivity contribution in [2.75, 3.05) is 6.61 Å². The Morgan fingerprint density at radius 3 is 3.00 bits per heavy atom. The summed E-state index contributed by atoms with van der Waals surface area (Å²) in [6.45, 7) is 3.77. The fourth-order valence-corrected chi connectivity index (χ4v) is 0.622. The summed E-state index contributed by atoms with van der Waals surface area (Å²) in [5.41, 5.74) is 0.508. The average molecular weight is 167 g/mol. The molecule has 0 spiro atoms. The SMILES string of the molecule is CC(C)(CO)N=Cc1cn[nH]c1. The van der Waals surface area contributed by atoms with Gasteiger partial charge in [0.1, 0.15) is 0 Å². The Morgan fingerprint density at radius 1 is 1.75 bits per heavy atom. The van der Waals surface area contributed by atoms with Crippen molar-refractivity contribution in [2.24, 2.45) is 4.99 Å². The monoisotopic (exact) mass is 167 g/mol. The van der Waals surface area contributed by atoms with Gasteiger partial charge >= 0.3 is 0 Å². The van der Waals surface area contributed by atoms with Crippen LogP contribution in [0.15, 0.2) is 17.4 Å².